The van der Waals surface area contributed by atoms with Crippen LogP contribution in [0.5, 0.6) is 11.5 Å². The van der Waals surface area contributed by atoms with Crippen LogP contribution in [-0.2, 0) is 0 Å². The van der Waals surface area contributed by atoms with Gasteiger partial charge in [0.15, 0.2) is 0 Å². The Kier molecular flexibility index (Phi) is 7.47. The van der Waals surface area contributed by atoms with Crippen molar-refractivity contribution in [2.24, 2.45) is 5.41 Å². The maximum Gasteiger partial charge on any atom is 0.127 e. The van der Waals surface area contributed by atoms with Crippen LogP contribution in [0.25, 0.3) is 0 Å². The van der Waals surface area contributed by atoms with E-state index in [0.717, 1.165) is 37.7 Å². The molecule has 1 saturated heterocycles. The van der Waals surface area contributed by atoms with E-state index in [4.69, 9.17) is 4.74 Å². The first-order valence-electron chi connectivity index (χ1n) is 8.99. The van der Waals surface area contributed by atoms with Crippen molar-refractivity contribution in [3.63, 3.8) is 0 Å². The first kappa shape index (κ1) is 20.7. The maximum atomic E-state index is 9.94. The van der Waals surface area contributed by atoms with Crippen LogP contribution in [0.15, 0.2) is 54.6 Å². The van der Waals surface area contributed by atoms with Gasteiger partial charge in [0.05, 0.1) is 0 Å². The number of ether oxygens (including phenoxy) is 1. The molecule has 0 spiro atoms. The minimum absolute atomic E-state index is 0. The molecule has 2 aromatic carbocycles. The Balaban J connectivity index is 0.00000243. The monoisotopic (exact) mass is 376 g/mol. The van der Waals surface area contributed by atoms with E-state index in [1.54, 1.807) is 0 Å². The second kappa shape index (κ2) is 9.38. The number of halogens is 1. The van der Waals surface area contributed by atoms with Gasteiger partial charge in [-0.2, -0.15) is 0 Å². The van der Waals surface area contributed by atoms with Crippen LogP contribution in [0.4, 0.5) is 0 Å². The molecule has 2 aromatic rings. The number of rotatable bonds is 6. The molecule has 0 radical (unpaired) electrons. The van der Waals surface area contributed by atoms with Crippen molar-refractivity contribution in [2.75, 3.05) is 32.8 Å². The van der Waals surface area contributed by atoms with Crippen molar-refractivity contribution in [3.8, 4) is 11.5 Å². The van der Waals surface area contributed by atoms with Gasteiger partial charge in [0.25, 0.3) is 0 Å². The third-order valence-corrected chi connectivity index (χ3v) is 4.84. The molecule has 0 saturated carbocycles. The van der Waals surface area contributed by atoms with Gasteiger partial charge in [-0.3, -0.25) is 4.90 Å². The summed E-state index contributed by atoms with van der Waals surface area (Å²) in [5.74, 6) is 1.67. The molecule has 2 N–H and O–H groups in total. The summed E-state index contributed by atoms with van der Waals surface area (Å²) in [4.78, 5) is 2.47. The molecule has 0 aliphatic carbocycles. The second-order valence-electron chi connectivity index (χ2n) is 7.32. The zero-order valence-corrected chi connectivity index (χ0v) is 16.3. The van der Waals surface area contributed by atoms with E-state index in [-0.39, 0.29) is 30.5 Å². The molecular weight excluding hydrogens is 348 g/mol. The van der Waals surface area contributed by atoms with Crippen LogP contribution in [-0.4, -0.2) is 42.8 Å². The summed E-state index contributed by atoms with van der Waals surface area (Å²) in [5, 5.41) is 13.3. The number of nitrogens with zero attached hydrogens (tertiary/aromatic N) is 1. The summed E-state index contributed by atoms with van der Waals surface area (Å²) in [6.07, 6.45) is 0. The fourth-order valence-electron chi connectivity index (χ4n) is 3.53. The highest BCUT2D eigenvalue weighted by Crippen LogP contribution is 2.39. The molecule has 4 nitrogen and oxygen atoms in total. The molecule has 1 fully saturated rings. The van der Waals surface area contributed by atoms with Gasteiger partial charge in [0.1, 0.15) is 11.5 Å². The molecule has 3 rings (SSSR count). The lowest BCUT2D eigenvalue weighted by Crippen LogP contribution is -2.49. The van der Waals surface area contributed by atoms with Crippen LogP contribution in [0.3, 0.4) is 0 Å². The molecule has 0 aromatic heterocycles. The van der Waals surface area contributed by atoms with Gasteiger partial charge < -0.3 is 15.2 Å². The quantitative estimate of drug-likeness (QED) is 0.803. The summed E-state index contributed by atoms with van der Waals surface area (Å²) < 4.78 is 5.90. The standard InChI is InChI=1S/C21H28N2O2.ClH/c1-21(2,16-24)20(23-14-12-22-13-15-23)17-8-10-19(11-9-17)25-18-6-4-3-5-7-18;/h3-11,20,22,24H,12-16H2,1-2H3;1H/t20-;/m0./s1. The Morgan fingerprint density at radius 3 is 2.15 bits per heavy atom. The predicted octanol–water partition coefficient (Wildman–Crippen LogP) is 3.87. The molecular formula is C21H29ClN2O2. The van der Waals surface area contributed by atoms with E-state index >= 15 is 0 Å². The van der Waals surface area contributed by atoms with E-state index in [1.807, 2.05) is 42.5 Å². The molecule has 142 valence electrons. The maximum absolute atomic E-state index is 9.94. The van der Waals surface area contributed by atoms with Crippen molar-refractivity contribution in [2.45, 2.75) is 19.9 Å². The molecule has 1 aliphatic heterocycles. The van der Waals surface area contributed by atoms with Crippen molar-refractivity contribution >= 4 is 12.4 Å². The summed E-state index contributed by atoms with van der Waals surface area (Å²) in [6.45, 7) is 8.40. The third-order valence-electron chi connectivity index (χ3n) is 4.84. The smallest absolute Gasteiger partial charge is 0.127 e. The number of aliphatic hydroxyl groups is 1. The summed E-state index contributed by atoms with van der Waals surface area (Å²) in [5.41, 5.74) is 1.01. The van der Waals surface area contributed by atoms with Crippen LogP contribution in [0.2, 0.25) is 0 Å². The molecule has 1 aliphatic rings. The molecule has 0 amide bonds. The second-order valence-corrected chi connectivity index (χ2v) is 7.32. The fourth-order valence-corrected chi connectivity index (χ4v) is 3.53. The van der Waals surface area contributed by atoms with Crippen molar-refractivity contribution in [3.05, 3.63) is 60.2 Å². The normalized spacial score (nSPS) is 16.6. The zero-order valence-electron chi connectivity index (χ0n) is 15.5. The summed E-state index contributed by atoms with van der Waals surface area (Å²) >= 11 is 0. The molecule has 1 heterocycles. The minimum Gasteiger partial charge on any atom is -0.457 e. The highest BCUT2D eigenvalue weighted by Gasteiger charge is 2.35. The molecule has 0 bridgehead atoms. The minimum atomic E-state index is -0.209. The van der Waals surface area contributed by atoms with Crippen LogP contribution in [0, 0.1) is 5.41 Å². The van der Waals surface area contributed by atoms with Gasteiger partial charge in [0.2, 0.25) is 0 Å². The Hall–Kier alpha value is -1.59. The Morgan fingerprint density at radius 1 is 1.00 bits per heavy atom. The highest BCUT2D eigenvalue weighted by atomic mass is 35.5. The highest BCUT2D eigenvalue weighted by molar-refractivity contribution is 5.85. The Bertz CT molecular complexity index is 655. The molecule has 26 heavy (non-hydrogen) atoms. The molecule has 0 unspecified atom stereocenters. The Morgan fingerprint density at radius 2 is 1.58 bits per heavy atom. The summed E-state index contributed by atoms with van der Waals surface area (Å²) in [6, 6.07) is 18.3. The van der Waals surface area contributed by atoms with Crippen LogP contribution >= 0.6 is 12.4 Å². The lowest BCUT2D eigenvalue weighted by Gasteiger charge is -2.43. The van der Waals surface area contributed by atoms with Crippen LogP contribution in [0.1, 0.15) is 25.5 Å². The van der Waals surface area contributed by atoms with E-state index in [9.17, 15) is 5.11 Å². The first-order chi connectivity index (χ1) is 12.1. The number of aliphatic hydroxyl groups excluding tert-OH is 1. The lowest BCUT2D eigenvalue weighted by molar-refractivity contribution is 0.0305. The average Bonchev–Trinajstić information content (AvgIpc) is 2.65. The van der Waals surface area contributed by atoms with Gasteiger partial charge in [-0.05, 0) is 29.8 Å². The molecule has 1 atom stereocenters. The first-order valence-corrected chi connectivity index (χ1v) is 8.99. The number of nitrogens with one attached hydrogen (secondary N) is 1. The van der Waals surface area contributed by atoms with E-state index in [0.29, 0.717) is 0 Å². The largest absolute Gasteiger partial charge is 0.457 e. The Labute approximate surface area is 162 Å². The summed E-state index contributed by atoms with van der Waals surface area (Å²) in [7, 11) is 0. The third kappa shape index (κ3) is 4.98. The van der Waals surface area contributed by atoms with E-state index < -0.39 is 0 Å². The zero-order chi connectivity index (χ0) is 17.7. The van der Waals surface area contributed by atoms with Crippen LogP contribution < -0.4 is 10.1 Å². The fraction of sp³-hybridized carbons (Fsp3) is 0.429. The molecule has 5 heteroatoms. The topological polar surface area (TPSA) is 44.7 Å². The van der Waals surface area contributed by atoms with Gasteiger partial charge >= 0.3 is 0 Å². The lowest BCUT2D eigenvalue weighted by atomic mass is 9.79. The number of hydrogen-bond acceptors (Lipinski definition) is 4. The van der Waals surface area contributed by atoms with E-state index in [2.05, 4.69) is 36.2 Å². The van der Waals surface area contributed by atoms with Crippen molar-refractivity contribution in [1.29, 1.82) is 0 Å². The van der Waals surface area contributed by atoms with Crippen molar-refractivity contribution in [1.82, 2.24) is 10.2 Å². The van der Waals surface area contributed by atoms with Gasteiger partial charge in [-0.15, -0.1) is 12.4 Å². The van der Waals surface area contributed by atoms with Crippen molar-refractivity contribution < 1.29 is 9.84 Å². The number of benzene rings is 2. The van der Waals surface area contributed by atoms with E-state index in [1.165, 1.54) is 5.56 Å². The number of piperazine rings is 1. The number of para-hydroxylation sites is 1. The van der Waals surface area contributed by atoms with Gasteiger partial charge in [-0.1, -0.05) is 44.2 Å². The van der Waals surface area contributed by atoms with Gasteiger partial charge in [0, 0.05) is 44.2 Å². The number of hydrogen-bond donors (Lipinski definition) is 2. The average molecular weight is 377 g/mol. The SMILES string of the molecule is CC(C)(CO)[C@H](c1ccc(Oc2ccccc2)cc1)N1CCNCC1.Cl. The predicted molar refractivity (Wildman–Crippen MR) is 108 cm³/mol. The van der Waals surface area contributed by atoms with Gasteiger partial charge in [-0.25, -0.2) is 0 Å².